The van der Waals surface area contributed by atoms with Gasteiger partial charge in [0.15, 0.2) is 0 Å². The number of aliphatic hydroxyl groups is 1. The third kappa shape index (κ3) is 4.31. The fraction of sp³-hybridized carbons (Fsp3) is 0.500. The number of hydrogen-bond acceptors (Lipinski definition) is 3. The van der Waals surface area contributed by atoms with Crippen molar-refractivity contribution in [2.75, 3.05) is 19.7 Å². The van der Waals surface area contributed by atoms with Crippen LogP contribution < -0.4 is 0 Å². The van der Waals surface area contributed by atoms with E-state index in [-0.39, 0.29) is 18.4 Å². The number of nitrogens with zero attached hydrogens (tertiary/aromatic N) is 1. The second-order valence-corrected chi connectivity index (χ2v) is 5.96. The third-order valence-corrected chi connectivity index (χ3v) is 4.40. The molecule has 2 rings (SSSR count). The molecule has 1 aromatic rings. The van der Waals surface area contributed by atoms with Crippen LogP contribution in [0.1, 0.15) is 23.3 Å². The van der Waals surface area contributed by atoms with Gasteiger partial charge in [-0.3, -0.25) is 4.79 Å². The highest BCUT2D eigenvalue weighted by Gasteiger charge is 2.32. The van der Waals surface area contributed by atoms with E-state index >= 15 is 0 Å². The third-order valence-electron chi connectivity index (χ3n) is 3.41. The molecule has 3 nitrogen and oxygen atoms in total. The molecule has 7 heteroatoms. The number of carbonyl (C=O) groups is 1. The normalized spacial score (nSPS) is 20.2. The zero-order valence-corrected chi connectivity index (χ0v) is 12.1. The van der Waals surface area contributed by atoms with Crippen LogP contribution >= 0.6 is 11.3 Å². The van der Waals surface area contributed by atoms with Crippen LogP contribution in [0, 0.1) is 5.92 Å². The van der Waals surface area contributed by atoms with Crippen LogP contribution in [0.5, 0.6) is 0 Å². The fourth-order valence-electron chi connectivity index (χ4n) is 2.27. The van der Waals surface area contributed by atoms with Crippen molar-refractivity contribution in [2.24, 2.45) is 5.92 Å². The number of alkyl halides is 3. The zero-order valence-electron chi connectivity index (χ0n) is 11.3. The van der Waals surface area contributed by atoms with E-state index in [0.29, 0.717) is 30.0 Å². The summed E-state index contributed by atoms with van der Waals surface area (Å²) >= 11 is 0.614. The molecule has 1 N–H and O–H groups in total. The molecular weight excluding hydrogens is 303 g/mol. The summed E-state index contributed by atoms with van der Waals surface area (Å²) in [6, 6.07) is 1.03. The second-order valence-electron chi connectivity index (χ2n) is 5.05. The molecule has 1 aliphatic heterocycles. The van der Waals surface area contributed by atoms with Gasteiger partial charge in [-0.15, -0.1) is 11.3 Å². The molecule has 0 bridgehead atoms. The van der Waals surface area contributed by atoms with Gasteiger partial charge in [0.2, 0.25) is 5.91 Å². The van der Waals surface area contributed by atoms with Crippen molar-refractivity contribution in [1.29, 1.82) is 0 Å². The molecule has 2 heterocycles. The lowest BCUT2D eigenvalue weighted by atomic mass is 9.99. The molecule has 0 spiro atoms. The molecule has 1 unspecified atom stereocenters. The molecule has 21 heavy (non-hydrogen) atoms. The molecule has 0 aromatic carbocycles. The number of carbonyl (C=O) groups excluding carboxylic acids is 1. The molecule has 1 amide bonds. The molecular formula is C14H16F3NO2S. The molecule has 1 aliphatic rings. The van der Waals surface area contributed by atoms with Crippen LogP contribution in [-0.4, -0.2) is 35.6 Å². The largest absolute Gasteiger partial charge is 0.425 e. The summed E-state index contributed by atoms with van der Waals surface area (Å²) in [4.78, 5) is 12.9. The topological polar surface area (TPSA) is 40.5 Å². The van der Waals surface area contributed by atoms with Crippen LogP contribution in [0.25, 0.3) is 6.08 Å². The van der Waals surface area contributed by atoms with Crippen LogP contribution in [-0.2, 0) is 11.0 Å². The molecule has 0 aliphatic carbocycles. The summed E-state index contributed by atoms with van der Waals surface area (Å²) < 4.78 is 37.4. The predicted octanol–water partition coefficient (Wildman–Crippen LogP) is 3.01. The highest BCUT2D eigenvalue weighted by atomic mass is 32.1. The van der Waals surface area contributed by atoms with Gasteiger partial charge in [-0.25, -0.2) is 0 Å². The molecule has 1 fully saturated rings. The maximum absolute atomic E-state index is 12.5. The lowest BCUT2D eigenvalue weighted by molar-refractivity contribution is -0.134. The zero-order chi connectivity index (χ0) is 15.5. The quantitative estimate of drug-likeness (QED) is 0.870. The van der Waals surface area contributed by atoms with Crippen molar-refractivity contribution in [3.05, 3.63) is 28.0 Å². The summed E-state index contributed by atoms with van der Waals surface area (Å²) in [7, 11) is 0. The van der Waals surface area contributed by atoms with Gasteiger partial charge in [0, 0.05) is 25.8 Å². The summed E-state index contributed by atoms with van der Waals surface area (Å²) in [6.45, 7) is 1.17. The average Bonchev–Trinajstić information content (AvgIpc) is 2.94. The standard InChI is InChI=1S/C14H16F3NO2S/c15-14(16,17)12-6-10(9-21-12)3-4-13(20)18-5-1-2-11(7-18)8-19/h3-4,6,9,11,19H,1-2,5,7-8H2/b4-3+. The van der Waals surface area contributed by atoms with E-state index in [1.807, 2.05) is 0 Å². The average molecular weight is 319 g/mol. The van der Waals surface area contributed by atoms with Gasteiger partial charge in [-0.1, -0.05) is 0 Å². The minimum Gasteiger partial charge on any atom is -0.396 e. The van der Waals surface area contributed by atoms with Gasteiger partial charge in [0.05, 0.1) is 0 Å². The maximum atomic E-state index is 12.5. The SMILES string of the molecule is O=C(/C=C/c1csc(C(F)(F)F)c1)N1CCCC(CO)C1. The number of amides is 1. The van der Waals surface area contributed by atoms with Gasteiger partial charge in [-0.2, -0.15) is 13.2 Å². The molecule has 116 valence electrons. The monoisotopic (exact) mass is 319 g/mol. The maximum Gasteiger partial charge on any atom is 0.425 e. The first kappa shape index (κ1) is 16.0. The first-order valence-corrected chi connectivity index (χ1v) is 7.51. The van der Waals surface area contributed by atoms with Crippen LogP contribution in [0.2, 0.25) is 0 Å². The highest BCUT2D eigenvalue weighted by Crippen LogP contribution is 2.34. The Labute approximate surface area is 124 Å². The molecule has 1 saturated heterocycles. The Bertz CT molecular complexity index is 525. The Balaban J connectivity index is 1.97. The summed E-state index contributed by atoms with van der Waals surface area (Å²) in [5.41, 5.74) is 0.372. The van der Waals surface area contributed by atoms with Crippen molar-refractivity contribution < 1.29 is 23.1 Å². The minimum atomic E-state index is -4.35. The van der Waals surface area contributed by atoms with Crippen LogP contribution in [0.4, 0.5) is 13.2 Å². The summed E-state index contributed by atoms with van der Waals surface area (Å²) in [5.74, 6) is -0.137. The Morgan fingerprint density at radius 3 is 2.90 bits per heavy atom. The van der Waals surface area contributed by atoms with E-state index in [0.717, 1.165) is 18.9 Å². The van der Waals surface area contributed by atoms with E-state index in [1.54, 1.807) is 4.90 Å². The van der Waals surface area contributed by atoms with Gasteiger partial charge in [0.25, 0.3) is 0 Å². The number of thiophene rings is 1. The Kier molecular flexibility index (Phi) is 5.05. The highest BCUT2D eigenvalue weighted by molar-refractivity contribution is 7.10. The molecule has 1 atom stereocenters. The number of hydrogen-bond donors (Lipinski definition) is 1. The van der Waals surface area contributed by atoms with Crippen molar-refractivity contribution in [2.45, 2.75) is 19.0 Å². The molecule has 1 aromatic heterocycles. The Morgan fingerprint density at radius 2 is 2.29 bits per heavy atom. The lowest BCUT2D eigenvalue weighted by Crippen LogP contribution is -2.40. The van der Waals surface area contributed by atoms with Crippen molar-refractivity contribution >= 4 is 23.3 Å². The van der Waals surface area contributed by atoms with Crippen molar-refractivity contribution in [3.63, 3.8) is 0 Å². The first-order chi connectivity index (χ1) is 9.90. The second kappa shape index (κ2) is 6.62. The van der Waals surface area contributed by atoms with Gasteiger partial charge >= 0.3 is 6.18 Å². The van der Waals surface area contributed by atoms with Gasteiger partial charge in [0.1, 0.15) is 4.88 Å². The number of piperidine rings is 1. The van der Waals surface area contributed by atoms with Gasteiger partial charge in [-0.05, 0) is 41.8 Å². The number of halogens is 3. The van der Waals surface area contributed by atoms with Crippen LogP contribution in [0.3, 0.4) is 0 Å². The number of rotatable bonds is 3. The Hall–Kier alpha value is -1.34. The first-order valence-electron chi connectivity index (χ1n) is 6.63. The smallest absolute Gasteiger partial charge is 0.396 e. The van der Waals surface area contributed by atoms with Crippen molar-refractivity contribution in [3.8, 4) is 0 Å². The van der Waals surface area contributed by atoms with E-state index in [1.165, 1.54) is 17.5 Å². The molecule has 0 saturated carbocycles. The summed E-state index contributed by atoms with van der Waals surface area (Å²) in [5, 5.41) is 10.5. The van der Waals surface area contributed by atoms with Crippen LogP contribution in [0.15, 0.2) is 17.5 Å². The molecule has 0 radical (unpaired) electrons. The van der Waals surface area contributed by atoms with Crippen molar-refractivity contribution in [1.82, 2.24) is 4.90 Å². The number of likely N-dealkylation sites (tertiary alicyclic amines) is 1. The minimum absolute atomic E-state index is 0.0486. The Morgan fingerprint density at radius 1 is 1.52 bits per heavy atom. The van der Waals surface area contributed by atoms with E-state index in [4.69, 9.17) is 5.11 Å². The fourth-order valence-corrected chi connectivity index (χ4v) is 3.02. The van der Waals surface area contributed by atoms with E-state index in [2.05, 4.69) is 0 Å². The predicted molar refractivity (Wildman–Crippen MR) is 74.7 cm³/mol. The lowest BCUT2D eigenvalue weighted by Gasteiger charge is -2.31. The van der Waals surface area contributed by atoms with E-state index in [9.17, 15) is 18.0 Å². The number of aliphatic hydroxyl groups excluding tert-OH is 1. The van der Waals surface area contributed by atoms with E-state index < -0.39 is 11.1 Å². The summed E-state index contributed by atoms with van der Waals surface area (Å²) in [6.07, 6.45) is 0.0749. The van der Waals surface area contributed by atoms with Gasteiger partial charge < -0.3 is 10.0 Å².